The summed E-state index contributed by atoms with van der Waals surface area (Å²) >= 11 is 0. The zero-order chi connectivity index (χ0) is 17.5. The van der Waals surface area contributed by atoms with Crippen molar-refractivity contribution in [1.82, 2.24) is 24.6 Å². The molecule has 1 aliphatic carbocycles. The van der Waals surface area contributed by atoms with E-state index >= 15 is 0 Å². The number of hydrogen-bond acceptors (Lipinski definition) is 3. The standard InChI is InChI=1S/C20H23N5O/c26-19(24-11-3-4-15(12-24)16-9-10-21-23-16)13-25-18-6-2-1-5-17(18)22-20(25)14-7-8-14/h1-2,5-6,9-10,14-15H,3-4,7-8,11-13H2,(H,21,23)/t15-/m0/s1. The number of hydrogen-bond donors (Lipinski definition) is 1. The van der Waals surface area contributed by atoms with Crippen LogP contribution in [0.2, 0.25) is 0 Å². The van der Waals surface area contributed by atoms with Gasteiger partial charge in [-0.25, -0.2) is 4.98 Å². The number of rotatable bonds is 4. The van der Waals surface area contributed by atoms with Gasteiger partial charge in [0, 0.05) is 36.8 Å². The minimum absolute atomic E-state index is 0.194. The summed E-state index contributed by atoms with van der Waals surface area (Å²) in [5, 5.41) is 7.12. The molecule has 1 saturated heterocycles. The number of H-pyrrole nitrogens is 1. The Labute approximate surface area is 152 Å². The molecule has 1 atom stereocenters. The Balaban J connectivity index is 1.38. The highest BCUT2D eigenvalue weighted by Gasteiger charge is 2.31. The van der Waals surface area contributed by atoms with Gasteiger partial charge >= 0.3 is 0 Å². The molecule has 5 rings (SSSR count). The van der Waals surface area contributed by atoms with Crippen LogP contribution in [0.25, 0.3) is 11.0 Å². The molecule has 6 heteroatoms. The molecule has 134 valence electrons. The second kappa shape index (κ2) is 6.27. The first-order chi connectivity index (χ1) is 12.8. The number of carbonyl (C=O) groups is 1. The highest BCUT2D eigenvalue weighted by atomic mass is 16.2. The second-order valence-electron chi connectivity index (χ2n) is 7.51. The molecule has 1 amide bonds. The fourth-order valence-electron chi connectivity index (χ4n) is 4.10. The van der Waals surface area contributed by atoms with Crippen molar-refractivity contribution in [3.05, 3.63) is 48.0 Å². The van der Waals surface area contributed by atoms with E-state index < -0.39 is 0 Å². The fraction of sp³-hybridized carbons (Fsp3) is 0.450. The molecule has 0 bridgehead atoms. The summed E-state index contributed by atoms with van der Waals surface area (Å²) in [7, 11) is 0. The minimum atomic E-state index is 0.194. The van der Waals surface area contributed by atoms with Gasteiger partial charge in [-0.15, -0.1) is 0 Å². The number of aromatic amines is 1. The Morgan fingerprint density at radius 2 is 2.04 bits per heavy atom. The minimum Gasteiger partial charge on any atom is -0.340 e. The van der Waals surface area contributed by atoms with Crippen molar-refractivity contribution in [1.29, 1.82) is 0 Å². The van der Waals surface area contributed by atoms with Gasteiger partial charge in [0.05, 0.1) is 11.0 Å². The number of benzene rings is 1. The van der Waals surface area contributed by atoms with Crippen molar-refractivity contribution < 1.29 is 4.79 Å². The average molecular weight is 349 g/mol. The van der Waals surface area contributed by atoms with Gasteiger partial charge < -0.3 is 9.47 Å². The Bertz CT molecular complexity index is 925. The van der Waals surface area contributed by atoms with Crippen molar-refractivity contribution in [3.8, 4) is 0 Å². The molecule has 0 radical (unpaired) electrons. The summed E-state index contributed by atoms with van der Waals surface area (Å²) in [6.45, 7) is 2.00. The van der Waals surface area contributed by atoms with Crippen LogP contribution in [0.1, 0.15) is 49.0 Å². The predicted octanol–water partition coefficient (Wildman–Crippen LogP) is 3.04. The van der Waals surface area contributed by atoms with Gasteiger partial charge in [0.1, 0.15) is 12.4 Å². The number of amides is 1. The molecule has 6 nitrogen and oxygen atoms in total. The molecule has 2 aliphatic rings. The molecular weight excluding hydrogens is 326 g/mol. The number of nitrogens with zero attached hydrogens (tertiary/aromatic N) is 4. The van der Waals surface area contributed by atoms with E-state index in [1.165, 1.54) is 12.8 Å². The van der Waals surface area contributed by atoms with Gasteiger partial charge in [0.15, 0.2) is 0 Å². The molecule has 26 heavy (non-hydrogen) atoms. The first kappa shape index (κ1) is 15.6. The zero-order valence-electron chi connectivity index (χ0n) is 14.8. The summed E-state index contributed by atoms with van der Waals surface area (Å²) < 4.78 is 2.15. The highest BCUT2D eigenvalue weighted by molar-refractivity contribution is 5.81. The number of aromatic nitrogens is 4. The van der Waals surface area contributed by atoms with Gasteiger partial charge in [-0.1, -0.05) is 12.1 Å². The van der Waals surface area contributed by atoms with E-state index in [9.17, 15) is 4.79 Å². The van der Waals surface area contributed by atoms with E-state index in [0.717, 1.165) is 48.5 Å². The summed E-state index contributed by atoms with van der Waals surface area (Å²) in [6, 6.07) is 10.2. The third-order valence-electron chi connectivity index (χ3n) is 5.66. The predicted molar refractivity (Wildman–Crippen MR) is 98.9 cm³/mol. The monoisotopic (exact) mass is 349 g/mol. The van der Waals surface area contributed by atoms with Gasteiger partial charge in [0.2, 0.25) is 5.91 Å². The SMILES string of the molecule is O=C(Cn1c(C2CC2)nc2ccccc21)N1CCC[C@H](c2ccn[nH]2)C1. The van der Waals surface area contributed by atoms with E-state index in [2.05, 4.69) is 20.8 Å². The normalized spacial score (nSPS) is 20.6. The van der Waals surface area contributed by atoms with E-state index in [4.69, 9.17) is 4.98 Å². The van der Waals surface area contributed by atoms with Crippen LogP contribution < -0.4 is 0 Å². The molecule has 0 unspecified atom stereocenters. The molecule has 2 aromatic heterocycles. The van der Waals surface area contributed by atoms with Crippen LogP contribution in [0.15, 0.2) is 36.5 Å². The zero-order valence-corrected chi connectivity index (χ0v) is 14.8. The third-order valence-corrected chi connectivity index (χ3v) is 5.66. The van der Waals surface area contributed by atoms with E-state index in [0.29, 0.717) is 18.4 Å². The Morgan fingerprint density at radius 3 is 2.85 bits per heavy atom. The smallest absolute Gasteiger partial charge is 0.242 e. The van der Waals surface area contributed by atoms with Crippen LogP contribution in [-0.4, -0.2) is 43.6 Å². The van der Waals surface area contributed by atoms with Crippen molar-refractivity contribution in [2.24, 2.45) is 0 Å². The lowest BCUT2D eigenvalue weighted by molar-refractivity contribution is -0.133. The number of para-hydroxylation sites is 2. The largest absolute Gasteiger partial charge is 0.340 e. The lowest BCUT2D eigenvalue weighted by Gasteiger charge is -2.32. The fourth-order valence-corrected chi connectivity index (χ4v) is 4.10. The topological polar surface area (TPSA) is 66.8 Å². The molecule has 3 heterocycles. The van der Waals surface area contributed by atoms with Crippen LogP contribution in [0, 0.1) is 0 Å². The van der Waals surface area contributed by atoms with E-state index in [1.54, 1.807) is 6.20 Å². The number of nitrogens with one attached hydrogen (secondary N) is 1. The molecule has 3 aromatic rings. The quantitative estimate of drug-likeness (QED) is 0.787. The van der Waals surface area contributed by atoms with Crippen molar-refractivity contribution in [2.45, 2.75) is 44.1 Å². The average Bonchev–Trinajstić information content (AvgIpc) is 3.25. The van der Waals surface area contributed by atoms with Crippen molar-refractivity contribution in [2.75, 3.05) is 13.1 Å². The molecule has 1 aromatic carbocycles. The van der Waals surface area contributed by atoms with E-state index in [1.807, 2.05) is 29.2 Å². The first-order valence-corrected chi connectivity index (χ1v) is 9.52. The van der Waals surface area contributed by atoms with Gasteiger partial charge in [-0.3, -0.25) is 9.89 Å². The van der Waals surface area contributed by atoms with Crippen molar-refractivity contribution in [3.63, 3.8) is 0 Å². The molecule has 1 N–H and O–H groups in total. The number of likely N-dealkylation sites (tertiary alicyclic amines) is 1. The summed E-state index contributed by atoms with van der Waals surface area (Å²) in [5.41, 5.74) is 3.20. The molecule has 0 spiro atoms. The molecular formula is C20H23N5O. The van der Waals surface area contributed by atoms with Gasteiger partial charge in [-0.05, 0) is 43.9 Å². The maximum atomic E-state index is 13.1. The second-order valence-corrected chi connectivity index (χ2v) is 7.51. The Hall–Kier alpha value is -2.63. The van der Waals surface area contributed by atoms with Crippen LogP contribution in [0.5, 0.6) is 0 Å². The highest BCUT2D eigenvalue weighted by Crippen LogP contribution is 2.40. The van der Waals surface area contributed by atoms with Crippen LogP contribution in [0.3, 0.4) is 0 Å². The van der Waals surface area contributed by atoms with Crippen LogP contribution >= 0.6 is 0 Å². The maximum Gasteiger partial charge on any atom is 0.242 e. The summed E-state index contributed by atoms with van der Waals surface area (Å²) in [5.74, 6) is 2.16. The van der Waals surface area contributed by atoms with Gasteiger partial charge in [0.25, 0.3) is 0 Å². The lowest BCUT2D eigenvalue weighted by atomic mass is 9.95. The Morgan fingerprint density at radius 1 is 1.15 bits per heavy atom. The molecule has 1 aliphatic heterocycles. The maximum absolute atomic E-state index is 13.1. The summed E-state index contributed by atoms with van der Waals surface area (Å²) in [4.78, 5) is 19.9. The van der Waals surface area contributed by atoms with Crippen LogP contribution in [-0.2, 0) is 11.3 Å². The lowest BCUT2D eigenvalue weighted by Crippen LogP contribution is -2.41. The molecule has 1 saturated carbocycles. The third kappa shape index (κ3) is 2.79. The molecule has 2 fully saturated rings. The number of imidazole rings is 1. The van der Waals surface area contributed by atoms with Crippen LogP contribution in [0.4, 0.5) is 0 Å². The number of carbonyl (C=O) groups excluding carboxylic acids is 1. The van der Waals surface area contributed by atoms with Gasteiger partial charge in [-0.2, -0.15) is 5.10 Å². The first-order valence-electron chi connectivity index (χ1n) is 9.52. The Kier molecular flexibility index (Phi) is 3.76. The number of piperidine rings is 1. The summed E-state index contributed by atoms with van der Waals surface area (Å²) in [6.07, 6.45) is 6.30. The number of fused-ring (bicyclic) bond motifs is 1. The van der Waals surface area contributed by atoms with Crippen molar-refractivity contribution >= 4 is 16.9 Å². The van der Waals surface area contributed by atoms with E-state index in [-0.39, 0.29) is 5.91 Å².